The van der Waals surface area contributed by atoms with Crippen molar-refractivity contribution in [1.82, 2.24) is 25.0 Å². The summed E-state index contributed by atoms with van der Waals surface area (Å²) in [6.07, 6.45) is 1.58. The summed E-state index contributed by atoms with van der Waals surface area (Å²) in [4.78, 5) is 7.06. The lowest BCUT2D eigenvalue weighted by molar-refractivity contribution is 0.277. The van der Waals surface area contributed by atoms with Gasteiger partial charge in [-0.3, -0.25) is 0 Å². The quantitative estimate of drug-likeness (QED) is 0.820. The predicted octanol–water partition coefficient (Wildman–Crippen LogP) is 0.460. The summed E-state index contributed by atoms with van der Waals surface area (Å²) >= 11 is 3.27. The number of hydrogen-bond acceptors (Lipinski definition) is 4. The second kappa shape index (κ2) is 3.50. The molecule has 0 amide bonds. The smallest absolute Gasteiger partial charge is 0.159 e. The van der Waals surface area contributed by atoms with Crippen molar-refractivity contribution in [3.05, 3.63) is 16.5 Å². The van der Waals surface area contributed by atoms with Crippen LogP contribution in [0.4, 0.5) is 0 Å². The van der Waals surface area contributed by atoms with Crippen LogP contribution in [0.2, 0.25) is 0 Å². The van der Waals surface area contributed by atoms with Crippen LogP contribution in [0.15, 0.2) is 10.8 Å². The Morgan fingerprint density at radius 1 is 1.64 bits per heavy atom. The standard InChI is InChI=1S/C7H8BrN5O/c1-13-5(6(8)11-12-13)7-9-2-4(3-14)10-7/h2,14H,3H2,1H3,(H,9,10). The first-order chi connectivity index (χ1) is 6.72. The van der Waals surface area contributed by atoms with Crippen LogP contribution in [0.25, 0.3) is 11.5 Å². The molecule has 6 nitrogen and oxygen atoms in total. The molecule has 2 aromatic rings. The molecule has 2 N–H and O–H groups in total. The van der Waals surface area contributed by atoms with Crippen molar-refractivity contribution in [3.63, 3.8) is 0 Å². The summed E-state index contributed by atoms with van der Waals surface area (Å²) in [6.45, 7) is -0.0596. The average molecular weight is 258 g/mol. The lowest BCUT2D eigenvalue weighted by Gasteiger charge is -1.95. The molecule has 0 atom stereocenters. The van der Waals surface area contributed by atoms with E-state index in [1.54, 1.807) is 17.9 Å². The van der Waals surface area contributed by atoms with Crippen LogP contribution < -0.4 is 0 Å². The molecule has 2 aromatic heterocycles. The van der Waals surface area contributed by atoms with Gasteiger partial charge in [0.25, 0.3) is 0 Å². The Balaban J connectivity index is 2.48. The second-order valence-electron chi connectivity index (χ2n) is 2.77. The number of nitrogens with one attached hydrogen (secondary N) is 1. The minimum Gasteiger partial charge on any atom is -0.390 e. The number of aliphatic hydroxyl groups is 1. The van der Waals surface area contributed by atoms with Crippen LogP contribution >= 0.6 is 15.9 Å². The summed E-state index contributed by atoms with van der Waals surface area (Å²) < 4.78 is 2.23. The highest BCUT2D eigenvalue weighted by Gasteiger charge is 2.13. The zero-order valence-electron chi connectivity index (χ0n) is 7.40. The van der Waals surface area contributed by atoms with Gasteiger partial charge in [0.15, 0.2) is 10.4 Å². The van der Waals surface area contributed by atoms with Crippen molar-refractivity contribution >= 4 is 15.9 Å². The Bertz CT molecular complexity index is 429. The maximum Gasteiger partial charge on any atom is 0.159 e. The zero-order valence-corrected chi connectivity index (χ0v) is 8.98. The third-order valence-corrected chi connectivity index (χ3v) is 2.34. The van der Waals surface area contributed by atoms with E-state index < -0.39 is 0 Å². The van der Waals surface area contributed by atoms with E-state index in [0.717, 1.165) is 5.69 Å². The number of aliphatic hydroxyl groups excluding tert-OH is 1. The molecule has 2 heterocycles. The molecule has 2 rings (SSSR count). The van der Waals surface area contributed by atoms with Crippen molar-refractivity contribution in [2.45, 2.75) is 6.61 Å². The average Bonchev–Trinajstić information content (AvgIpc) is 2.73. The number of imidazole rings is 1. The van der Waals surface area contributed by atoms with Gasteiger partial charge in [0.05, 0.1) is 18.5 Å². The monoisotopic (exact) mass is 257 g/mol. The summed E-state index contributed by atoms with van der Waals surface area (Å²) in [5.41, 5.74) is 1.41. The lowest BCUT2D eigenvalue weighted by Crippen LogP contribution is -1.95. The lowest BCUT2D eigenvalue weighted by atomic mass is 10.4. The first-order valence-corrected chi connectivity index (χ1v) is 4.72. The van der Waals surface area contributed by atoms with Crippen molar-refractivity contribution < 1.29 is 5.11 Å². The van der Waals surface area contributed by atoms with Crippen LogP contribution in [0.1, 0.15) is 5.69 Å². The third-order valence-electron chi connectivity index (χ3n) is 1.81. The van der Waals surface area contributed by atoms with Gasteiger partial charge in [0.2, 0.25) is 0 Å². The second-order valence-corrected chi connectivity index (χ2v) is 3.52. The largest absolute Gasteiger partial charge is 0.390 e. The van der Waals surface area contributed by atoms with Crippen molar-refractivity contribution in [3.8, 4) is 11.5 Å². The highest BCUT2D eigenvalue weighted by molar-refractivity contribution is 9.10. The molecule has 0 aliphatic heterocycles. The molecular weight excluding hydrogens is 250 g/mol. The molecule has 0 bridgehead atoms. The fourth-order valence-electron chi connectivity index (χ4n) is 1.14. The summed E-state index contributed by atoms with van der Waals surface area (Å²) in [6, 6.07) is 0. The van der Waals surface area contributed by atoms with Gasteiger partial charge in [-0.1, -0.05) is 5.21 Å². The van der Waals surface area contributed by atoms with Crippen LogP contribution in [-0.2, 0) is 13.7 Å². The first kappa shape index (κ1) is 9.35. The van der Waals surface area contributed by atoms with Crippen LogP contribution in [0, 0.1) is 0 Å². The number of hydrogen-bond donors (Lipinski definition) is 2. The molecule has 0 saturated carbocycles. The molecule has 14 heavy (non-hydrogen) atoms. The van der Waals surface area contributed by atoms with E-state index in [1.807, 2.05) is 0 Å². The van der Waals surface area contributed by atoms with E-state index in [-0.39, 0.29) is 6.61 Å². The summed E-state index contributed by atoms with van der Waals surface area (Å²) in [7, 11) is 1.77. The van der Waals surface area contributed by atoms with Gasteiger partial charge in [0, 0.05) is 7.05 Å². The Morgan fingerprint density at radius 3 is 2.93 bits per heavy atom. The van der Waals surface area contributed by atoms with Crippen molar-refractivity contribution in [2.24, 2.45) is 7.05 Å². The van der Waals surface area contributed by atoms with Gasteiger partial charge >= 0.3 is 0 Å². The zero-order chi connectivity index (χ0) is 10.1. The van der Waals surface area contributed by atoms with E-state index in [1.165, 1.54) is 0 Å². The van der Waals surface area contributed by atoms with E-state index in [0.29, 0.717) is 16.1 Å². The molecule has 0 spiro atoms. The van der Waals surface area contributed by atoms with Crippen LogP contribution in [-0.4, -0.2) is 30.1 Å². The van der Waals surface area contributed by atoms with Gasteiger partial charge in [-0.15, -0.1) is 5.10 Å². The SMILES string of the molecule is Cn1nnc(Br)c1-c1ncc(CO)[nH]1. The number of aromatic amines is 1. The maximum atomic E-state index is 8.87. The Labute approximate surface area is 88.1 Å². The van der Waals surface area contributed by atoms with Crippen LogP contribution in [0.5, 0.6) is 0 Å². The Hall–Kier alpha value is -1.21. The fourth-order valence-corrected chi connectivity index (χ4v) is 1.66. The molecule has 0 aliphatic rings. The Morgan fingerprint density at radius 2 is 2.43 bits per heavy atom. The molecule has 0 saturated heterocycles. The molecule has 0 aromatic carbocycles. The number of H-pyrrole nitrogens is 1. The minimum atomic E-state index is -0.0596. The molecule has 7 heteroatoms. The highest BCUT2D eigenvalue weighted by Crippen LogP contribution is 2.22. The van der Waals surface area contributed by atoms with Gasteiger partial charge in [0.1, 0.15) is 5.69 Å². The topological polar surface area (TPSA) is 79.6 Å². The number of rotatable bonds is 2. The van der Waals surface area contributed by atoms with E-state index in [2.05, 4.69) is 36.2 Å². The first-order valence-electron chi connectivity index (χ1n) is 3.92. The molecule has 0 aliphatic carbocycles. The van der Waals surface area contributed by atoms with Crippen molar-refractivity contribution in [2.75, 3.05) is 0 Å². The number of aryl methyl sites for hydroxylation is 1. The van der Waals surface area contributed by atoms with Gasteiger partial charge in [-0.05, 0) is 15.9 Å². The predicted molar refractivity (Wildman–Crippen MR) is 52.2 cm³/mol. The maximum absolute atomic E-state index is 8.87. The number of halogens is 1. The van der Waals surface area contributed by atoms with Gasteiger partial charge in [-0.2, -0.15) is 0 Å². The minimum absolute atomic E-state index is 0.0596. The van der Waals surface area contributed by atoms with E-state index in [4.69, 9.17) is 5.11 Å². The van der Waals surface area contributed by atoms with Crippen molar-refractivity contribution in [1.29, 1.82) is 0 Å². The molecule has 0 unspecified atom stereocenters. The highest BCUT2D eigenvalue weighted by atomic mass is 79.9. The third kappa shape index (κ3) is 1.44. The molecule has 74 valence electrons. The summed E-state index contributed by atoms with van der Waals surface area (Å²) in [5, 5.41) is 16.5. The number of aromatic nitrogens is 5. The summed E-state index contributed by atoms with van der Waals surface area (Å²) in [5.74, 6) is 0.633. The molecule has 0 fully saturated rings. The van der Waals surface area contributed by atoms with E-state index >= 15 is 0 Å². The van der Waals surface area contributed by atoms with Crippen LogP contribution in [0.3, 0.4) is 0 Å². The normalized spacial score (nSPS) is 10.8. The van der Waals surface area contributed by atoms with E-state index in [9.17, 15) is 0 Å². The number of nitrogens with zero attached hydrogens (tertiary/aromatic N) is 4. The molecule has 0 radical (unpaired) electrons. The van der Waals surface area contributed by atoms with Gasteiger partial charge < -0.3 is 10.1 Å². The fraction of sp³-hybridized carbons (Fsp3) is 0.286. The molecular formula is C7H8BrN5O. The van der Waals surface area contributed by atoms with Gasteiger partial charge in [-0.25, -0.2) is 9.67 Å². The Kier molecular flexibility index (Phi) is 2.34.